The van der Waals surface area contributed by atoms with Gasteiger partial charge in [-0.05, 0) is 31.9 Å². The maximum Gasteiger partial charge on any atom is 0.124 e. The van der Waals surface area contributed by atoms with E-state index < -0.39 is 0 Å². The lowest BCUT2D eigenvalue weighted by Crippen LogP contribution is -2.09. The van der Waals surface area contributed by atoms with Crippen LogP contribution in [0.15, 0.2) is 18.2 Å². The van der Waals surface area contributed by atoms with E-state index in [0.29, 0.717) is 0 Å². The summed E-state index contributed by atoms with van der Waals surface area (Å²) in [5.74, 6) is 0.962. The van der Waals surface area contributed by atoms with Crippen LogP contribution < -0.4 is 10.5 Å². The molecule has 1 atom stereocenters. The summed E-state index contributed by atoms with van der Waals surface area (Å²) in [7, 11) is 0. The molecule has 2 N–H and O–H groups in total. The van der Waals surface area contributed by atoms with Gasteiger partial charge >= 0.3 is 0 Å². The Morgan fingerprint density at radius 3 is 2.47 bits per heavy atom. The highest BCUT2D eigenvalue weighted by atomic mass is 16.5. The predicted molar refractivity (Wildman–Crippen MR) is 82.7 cm³/mol. The summed E-state index contributed by atoms with van der Waals surface area (Å²) < 4.78 is 5.91. The van der Waals surface area contributed by atoms with Crippen LogP contribution in [0.5, 0.6) is 5.75 Å². The SMILES string of the molecule is CCCCCCCCOc1cc(C)ccc1C(C)N. The van der Waals surface area contributed by atoms with Crippen LogP contribution in [0.4, 0.5) is 0 Å². The third-order valence-corrected chi connectivity index (χ3v) is 3.42. The van der Waals surface area contributed by atoms with Gasteiger partial charge in [0.1, 0.15) is 5.75 Å². The number of ether oxygens (including phenoxy) is 1. The molecule has 0 aromatic heterocycles. The van der Waals surface area contributed by atoms with Crippen LogP contribution >= 0.6 is 0 Å². The molecular weight excluding hydrogens is 234 g/mol. The summed E-state index contributed by atoms with van der Waals surface area (Å²) in [6.45, 7) is 7.14. The Morgan fingerprint density at radius 2 is 1.79 bits per heavy atom. The molecule has 0 heterocycles. The third kappa shape index (κ3) is 6.11. The summed E-state index contributed by atoms with van der Waals surface area (Å²) in [4.78, 5) is 0. The molecule has 0 radical (unpaired) electrons. The van der Waals surface area contributed by atoms with Gasteiger partial charge in [0.15, 0.2) is 0 Å². The average Bonchev–Trinajstić information content (AvgIpc) is 2.37. The molecule has 108 valence electrons. The zero-order valence-corrected chi connectivity index (χ0v) is 12.7. The van der Waals surface area contributed by atoms with Crippen molar-refractivity contribution in [3.63, 3.8) is 0 Å². The number of rotatable bonds is 9. The van der Waals surface area contributed by atoms with E-state index >= 15 is 0 Å². The van der Waals surface area contributed by atoms with Gasteiger partial charge in [0.25, 0.3) is 0 Å². The van der Waals surface area contributed by atoms with Crippen molar-refractivity contribution >= 4 is 0 Å². The Balaban J connectivity index is 2.34. The molecule has 0 bridgehead atoms. The predicted octanol–water partition coefficient (Wildman–Crippen LogP) is 4.75. The van der Waals surface area contributed by atoms with E-state index in [0.717, 1.165) is 24.3 Å². The van der Waals surface area contributed by atoms with Gasteiger partial charge in [-0.2, -0.15) is 0 Å². The van der Waals surface area contributed by atoms with E-state index in [-0.39, 0.29) is 6.04 Å². The first-order chi connectivity index (χ1) is 9.15. The second-order valence-corrected chi connectivity index (χ2v) is 5.45. The van der Waals surface area contributed by atoms with Crippen molar-refractivity contribution in [2.24, 2.45) is 5.73 Å². The molecule has 19 heavy (non-hydrogen) atoms. The standard InChI is InChI=1S/C17H29NO/c1-4-5-6-7-8-9-12-19-17-13-14(2)10-11-16(17)15(3)18/h10-11,13,15H,4-9,12,18H2,1-3H3. The fourth-order valence-electron chi connectivity index (χ4n) is 2.21. The number of hydrogen-bond acceptors (Lipinski definition) is 2. The number of unbranched alkanes of at least 4 members (excludes halogenated alkanes) is 5. The number of hydrogen-bond donors (Lipinski definition) is 1. The van der Waals surface area contributed by atoms with Gasteiger partial charge in [-0.3, -0.25) is 0 Å². The lowest BCUT2D eigenvalue weighted by atomic mass is 10.1. The number of nitrogens with two attached hydrogens (primary N) is 1. The molecule has 2 nitrogen and oxygen atoms in total. The van der Waals surface area contributed by atoms with Crippen LogP contribution in [0.1, 0.15) is 69.5 Å². The quantitative estimate of drug-likeness (QED) is 0.652. The molecule has 0 amide bonds. The van der Waals surface area contributed by atoms with E-state index in [4.69, 9.17) is 10.5 Å². The van der Waals surface area contributed by atoms with Gasteiger partial charge in [0.2, 0.25) is 0 Å². The second kappa shape index (κ2) is 8.98. The van der Waals surface area contributed by atoms with Gasteiger partial charge in [0.05, 0.1) is 6.61 Å². The van der Waals surface area contributed by atoms with Crippen LogP contribution in [0.3, 0.4) is 0 Å². The molecule has 2 heteroatoms. The fraction of sp³-hybridized carbons (Fsp3) is 0.647. The van der Waals surface area contributed by atoms with Crippen LogP contribution in [-0.4, -0.2) is 6.61 Å². The van der Waals surface area contributed by atoms with Crippen molar-refractivity contribution in [2.75, 3.05) is 6.61 Å². The Morgan fingerprint density at radius 1 is 1.11 bits per heavy atom. The zero-order chi connectivity index (χ0) is 14.1. The van der Waals surface area contributed by atoms with Crippen LogP contribution in [0.25, 0.3) is 0 Å². The van der Waals surface area contributed by atoms with E-state index in [1.165, 1.54) is 37.7 Å². The van der Waals surface area contributed by atoms with Crippen molar-refractivity contribution in [2.45, 2.75) is 65.3 Å². The molecule has 1 aromatic carbocycles. The summed E-state index contributed by atoms with van der Waals surface area (Å²) in [5, 5.41) is 0. The molecule has 1 unspecified atom stereocenters. The summed E-state index contributed by atoms with van der Waals surface area (Å²) in [6, 6.07) is 6.29. The minimum Gasteiger partial charge on any atom is -0.493 e. The number of benzene rings is 1. The van der Waals surface area contributed by atoms with E-state index in [2.05, 4.69) is 32.0 Å². The summed E-state index contributed by atoms with van der Waals surface area (Å²) >= 11 is 0. The van der Waals surface area contributed by atoms with E-state index in [1.807, 2.05) is 6.92 Å². The minimum absolute atomic E-state index is 0.0279. The first kappa shape index (κ1) is 16.0. The lowest BCUT2D eigenvalue weighted by Gasteiger charge is -2.14. The molecule has 0 saturated carbocycles. The highest BCUT2D eigenvalue weighted by molar-refractivity contribution is 5.38. The smallest absolute Gasteiger partial charge is 0.124 e. The Hall–Kier alpha value is -1.02. The molecule has 0 aliphatic heterocycles. The first-order valence-corrected chi connectivity index (χ1v) is 7.64. The molecule has 0 saturated heterocycles. The van der Waals surface area contributed by atoms with Crippen LogP contribution in [0.2, 0.25) is 0 Å². The van der Waals surface area contributed by atoms with Crippen molar-refractivity contribution in [3.8, 4) is 5.75 Å². The number of aryl methyl sites for hydroxylation is 1. The summed E-state index contributed by atoms with van der Waals surface area (Å²) in [5.41, 5.74) is 8.30. The van der Waals surface area contributed by atoms with Crippen LogP contribution in [0, 0.1) is 6.92 Å². The highest BCUT2D eigenvalue weighted by Crippen LogP contribution is 2.25. The third-order valence-electron chi connectivity index (χ3n) is 3.42. The van der Waals surface area contributed by atoms with Gasteiger partial charge in [-0.25, -0.2) is 0 Å². The Kier molecular flexibility index (Phi) is 7.57. The maximum atomic E-state index is 5.97. The normalized spacial score (nSPS) is 12.4. The van der Waals surface area contributed by atoms with Crippen molar-refractivity contribution in [3.05, 3.63) is 29.3 Å². The Bertz CT molecular complexity index is 360. The summed E-state index contributed by atoms with van der Waals surface area (Å²) in [6.07, 6.45) is 7.73. The molecule has 1 aromatic rings. The van der Waals surface area contributed by atoms with E-state index in [1.54, 1.807) is 0 Å². The minimum atomic E-state index is 0.0279. The molecule has 0 aliphatic carbocycles. The largest absolute Gasteiger partial charge is 0.493 e. The zero-order valence-electron chi connectivity index (χ0n) is 12.7. The second-order valence-electron chi connectivity index (χ2n) is 5.45. The molecule has 0 aliphatic rings. The van der Waals surface area contributed by atoms with Crippen molar-refractivity contribution < 1.29 is 4.74 Å². The lowest BCUT2D eigenvalue weighted by molar-refractivity contribution is 0.300. The van der Waals surface area contributed by atoms with Crippen molar-refractivity contribution in [1.82, 2.24) is 0 Å². The molecule has 0 fully saturated rings. The van der Waals surface area contributed by atoms with Gasteiger partial charge in [-0.15, -0.1) is 0 Å². The van der Waals surface area contributed by atoms with Gasteiger partial charge < -0.3 is 10.5 Å². The average molecular weight is 263 g/mol. The van der Waals surface area contributed by atoms with Gasteiger partial charge in [-0.1, -0.05) is 51.2 Å². The van der Waals surface area contributed by atoms with Crippen LogP contribution in [-0.2, 0) is 0 Å². The maximum absolute atomic E-state index is 5.97. The topological polar surface area (TPSA) is 35.2 Å². The fourth-order valence-corrected chi connectivity index (χ4v) is 2.21. The van der Waals surface area contributed by atoms with Crippen molar-refractivity contribution in [1.29, 1.82) is 0 Å². The monoisotopic (exact) mass is 263 g/mol. The molecule has 0 spiro atoms. The highest BCUT2D eigenvalue weighted by Gasteiger charge is 2.08. The Labute approximate surface area is 118 Å². The molecular formula is C17H29NO. The first-order valence-electron chi connectivity index (χ1n) is 7.64. The van der Waals surface area contributed by atoms with E-state index in [9.17, 15) is 0 Å². The van der Waals surface area contributed by atoms with Gasteiger partial charge in [0, 0.05) is 11.6 Å². The molecule has 1 rings (SSSR count).